The van der Waals surface area contributed by atoms with Crippen LogP contribution in [-0.4, -0.2) is 11.8 Å². The normalized spacial score (nSPS) is 22.9. The molecule has 0 bridgehead atoms. The molecule has 2 heteroatoms. The molecule has 1 aromatic carbocycles. The highest BCUT2D eigenvalue weighted by atomic mass is 16.6. The highest BCUT2D eigenvalue weighted by Crippen LogP contribution is 2.26. The Morgan fingerprint density at radius 3 is 2.81 bits per heavy atom. The van der Waals surface area contributed by atoms with Crippen molar-refractivity contribution in [2.75, 3.05) is 0 Å². The molecule has 1 aliphatic heterocycles. The average Bonchev–Trinajstić information content (AvgIpc) is 3.01. The number of rotatable bonds is 2. The van der Waals surface area contributed by atoms with Crippen LogP contribution in [0.15, 0.2) is 59.3 Å². The van der Waals surface area contributed by atoms with Crippen molar-refractivity contribution < 1.29 is 4.84 Å². The summed E-state index contributed by atoms with van der Waals surface area (Å²) in [5.74, 6) is 0. The van der Waals surface area contributed by atoms with Crippen LogP contribution in [0.25, 0.3) is 0 Å². The molecule has 0 saturated heterocycles. The summed E-state index contributed by atoms with van der Waals surface area (Å²) in [4.78, 5) is 5.48. The summed E-state index contributed by atoms with van der Waals surface area (Å²) in [6.07, 6.45) is 8.40. The Balaban J connectivity index is 1.73. The molecule has 2 aliphatic rings. The number of allylic oxidation sites excluding steroid dienone is 3. The van der Waals surface area contributed by atoms with Crippen LogP contribution in [0.2, 0.25) is 0 Å². The Labute approximate surface area is 94.9 Å². The van der Waals surface area contributed by atoms with E-state index >= 15 is 0 Å². The minimum atomic E-state index is 0.144. The third-order valence-corrected chi connectivity index (χ3v) is 2.99. The van der Waals surface area contributed by atoms with E-state index in [9.17, 15) is 0 Å². The summed E-state index contributed by atoms with van der Waals surface area (Å²) in [7, 11) is 0. The van der Waals surface area contributed by atoms with Gasteiger partial charge in [0, 0.05) is 6.42 Å². The Hall–Kier alpha value is -1.83. The first-order valence-electron chi connectivity index (χ1n) is 5.57. The minimum absolute atomic E-state index is 0.144. The molecular formula is C14H13NO. The van der Waals surface area contributed by atoms with Gasteiger partial charge in [-0.15, -0.1) is 0 Å². The maximum Gasteiger partial charge on any atom is 0.154 e. The lowest BCUT2D eigenvalue weighted by atomic mass is 10.00. The molecular weight excluding hydrogens is 198 g/mol. The average molecular weight is 211 g/mol. The van der Waals surface area contributed by atoms with Gasteiger partial charge in [0.25, 0.3) is 0 Å². The topological polar surface area (TPSA) is 21.6 Å². The summed E-state index contributed by atoms with van der Waals surface area (Å²) in [6, 6.07) is 10.2. The third-order valence-electron chi connectivity index (χ3n) is 2.99. The van der Waals surface area contributed by atoms with Crippen LogP contribution in [0.3, 0.4) is 0 Å². The van der Waals surface area contributed by atoms with E-state index in [-0.39, 0.29) is 6.10 Å². The third kappa shape index (κ3) is 1.67. The van der Waals surface area contributed by atoms with Gasteiger partial charge in [0.15, 0.2) is 6.10 Å². The van der Waals surface area contributed by atoms with E-state index in [2.05, 4.69) is 35.5 Å². The highest BCUT2D eigenvalue weighted by molar-refractivity contribution is 6.01. The number of nitrogens with zero attached hydrogens (tertiary/aromatic N) is 1. The first-order valence-corrected chi connectivity index (χ1v) is 5.57. The van der Waals surface area contributed by atoms with Crippen molar-refractivity contribution in [3.8, 4) is 0 Å². The van der Waals surface area contributed by atoms with E-state index in [0.717, 1.165) is 24.1 Å². The highest BCUT2D eigenvalue weighted by Gasteiger charge is 2.25. The molecule has 1 atom stereocenters. The standard InChI is InChI=1S/C14H13NO/c1-2-6-11(7-3-1)13-10-14(16-15-13)12-8-4-5-9-12/h1-8,14H,9-10H2. The zero-order valence-electron chi connectivity index (χ0n) is 8.97. The molecule has 0 radical (unpaired) electrons. The van der Waals surface area contributed by atoms with Crippen molar-refractivity contribution in [3.05, 3.63) is 59.7 Å². The molecule has 0 N–H and O–H groups in total. The van der Waals surface area contributed by atoms with Crippen LogP contribution < -0.4 is 0 Å². The fraction of sp³-hybridized carbons (Fsp3) is 0.214. The molecule has 16 heavy (non-hydrogen) atoms. The number of benzene rings is 1. The zero-order valence-corrected chi connectivity index (χ0v) is 8.97. The van der Waals surface area contributed by atoms with Crippen molar-refractivity contribution in [3.63, 3.8) is 0 Å². The quantitative estimate of drug-likeness (QED) is 0.736. The van der Waals surface area contributed by atoms with Gasteiger partial charge < -0.3 is 4.84 Å². The summed E-state index contributed by atoms with van der Waals surface area (Å²) in [5, 5.41) is 4.18. The molecule has 0 amide bonds. The predicted octanol–water partition coefficient (Wildman–Crippen LogP) is 3.07. The molecule has 3 rings (SSSR count). The molecule has 0 saturated carbocycles. The summed E-state index contributed by atoms with van der Waals surface area (Å²) in [6.45, 7) is 0. The fourth-order valence-electron chi connectivity index (χ4n) is 2.08. The van der Waals surface area contributed by atoms with Gasteiger partial charge in [-0.3, -0.25) is 0 Å². The van der Waals surface area contributed by atoms with E-state index in [1.807, 2.05) is 18.2 Å². The maximum atomic E-state index is 5.48. The lowest BCUT2D eigenvalue weighted by Gasteiger charge is -2.08. The Bertz CT molecular complexity index is 471. The first kappa shape index (κ1) is 9.40. The van der Waals surface area contributed by atoms with E-state index in [0.29, 0.717) is 0 Å². The van der Waals surface area contributed by atoms with Gasteiger partial charge in [0.05, 0.1) is 5.71 Å². The minimum Gasteiger partial charge on any atom is -0.387 e. The zero-order chi connectivity index (χ0) is 10.8. The van der Waals surface area contributed by atoms with E-state index < -0.39 is 0 Å². The van der Waals surface area contributed by atoms with Crippen molar-refractivity contribution in [2.45, 2.75) is 18.9 Å². The molecule has 2 nitrogen and oxygen atoms in total. The smallest absolute Gasteiger partial charge is 0.154 e. The molecule has 0 aromatic heterocycles. The second kappa shape index (κ2) is 3.97. The SMILES string of the molecule is C1=CCC(C2CC(c3ccccc3)=NO2)=C1. The Morgan fingerprint density at radius 2 is 2.06 bits per heavy atom. The largest absolute Gasteiger partial charge is 0.387 e. The van der Waals surface area contributed by atoms with Gasteiger partial charge in [-0.2, -0.15) is 0 Å². The number of hydrogen-bond donors (Lipinski definition) is 0. The van der Waals surface area contributed by atoms with Crippen molar-refractivity contribution in [1.29, 1.82) is 0 Å². The molecule has 1 aromatic rings. The molecule has 80 valence electrons. The predicted molar refractivity (Wildman–Crippen MR) is 64.3 cm³/mol. The molecule has 1 heterocycles. The van der Waals surface area contributed by atoms with E-state index in [1.165, 1.54) is 5.57 Å². The van der Waals surface area contributed by atoms with Gasteiger partial charge >= 0.3 is 0 Å². The van der Waals surface area contributed by atoms with Gasteiger partial charge in [-0.05, 0) is 17.6 Å². The van der Waals surface area contributed by atoms with Crippen LogP contribution >= 0.6 is 0 Å². The monoisotopic (exact) mass is 211 g/mol. The summed E-state index contributed by atoms with van der Waals surface area (Å²) < 4.78 is 0. The van der Waals surface area contributed by atoms with E-state index in [4.69, 9.17) is 4.84 Å². The maximum absolute atomic E-state index is 5.48. The first-order chi connectivity index (χ1) is 7.93. The van der Waals surface area contributed by atoms with Crippen molar-refractivity contribution >= 4 is 5.71 Å². The van der Waals surface area contributed by atoms with Crippen LogP contribution in [0, 0.1) is 0 Å². The fourth-order valence-corrected chi connectivity index (χ4v) is 2.08. The van der Waals surface area contributed by atoms with E-state index in [1.54, 1.807) is 0 Å². The second-order valence-corrected chi connectivity index (χ2v) is 4.08. The lowest BCUT2D eigenvalue weighted by Crippen LogP contribution is -2.10. The van der Waals surface area contributed by atoms with Crippen molar-refractivity contribution in [1.82, 2.24) is 0 Å². The summed E-state index contributed by atoms with van der Waals surface area (Å²) >= 11 is 0. The van der Waals surface area contributed by atoms with Crippen molar-refractivity contribution in [2.24, 2.45) is 5.16 Å². The molecule has 0 fully saturated rings. The van der Waals surface area contributed by atoms with Gasteiger partial charge in [0.1, 0.15) is 0 Å². The van der Waals surface area contributed by atoms with Crippen LogP contribution in [-0.2, 0) is 4.84 Å². The molecule has 0 spiro atoms. The number of oxime groups is 1. The van der Waals surface area contributed by atoms with Gasteiger partial charge in [-0.1, -0.05) is 53.7 Å². The Morgan fingerprint density at radius 1 is 1.19 bits per heavy atom. The van der Waals surface area contributed by atoms with Crippen LogP contribution in [0.5, 0.6) is 0 Å². The summed E-state index contributed by atoms with van der Waals surface area (Å²) in [5.41, 5.74) is 3.55. The second-order valence-electron chi connectivity index (χ2n) is 4.08. The molecule has 1 unspecified atom stereocenters. The Kier molecular flexibility index (Phi) is 2.33. The lowest BCUT2D eigenvalue weighted by molar-refractivity contribution is 0.110. The van der Waals surface area contributed by atoms with Gasteiger partial charge in [-0.25, -0.2) is 0 Å². The van der Waals surface area contributed by atoms with Crippen LogP contribution in [0.1, 0.15) is 18.4 Å². The van der Waals surface area contributed by atoms with Crippen LogP contribution in [0.4, 0.5) is 0 Å². The number of hydrogen-bond acceptors (Lipinski definition) is 2. The molecule has 1 aliphatic carbocycles. The van der Waals surface area contributed by atoms with Gasteiger partial charge in [0.2, 0.25) is 0 Å².